The molecule has 2 aromatic heterocycles. The Kier molecular flexibility index (Phi) is 4.33. The molecule has 0 aliphatic carbocycles. The number of fused-ring (bicyclic) bond motifs is 1. The van der Waals surface area contributed by atoms with Gasteiger partial charge in [0.25, 0.3) is 0 Å². The highest BCUT2D eigenvalue weighted by atomic mass is 35.5. The van der Waals surface area contributed by atoms with E-state index < -0.39 is 0 Å². The number of H-pyrrole nitrogens is 2. The summed E-state index contributed by atoms with van der Waals surface area (Å²) in [5, 5.41) is 9.09. The largest absolute Gasteiger partial charge is 0.379 e. The highest BCUT2D eigenvalue weighted by molar-refractivity contribution is 6.34. The third kappa shape index (κ3) is 3.15. The number of nitrogens with zero attached hydrogens (tertiary/aromatic N) is 1. The summed E-state index contributed by atoms with van der Waals surface area (Å²) in [6.07, 6.45) is 1.93. The second-order valence-electron chi connectivity index (χ2n) is 6.24. The van der Waals surface area contributed by atoms with Crippen LogP contribution in [0.4, 0.5) is 0 Å². The minimum absolute atomic E-state index is 0.304. The number of aromatic amines is 2. The summed E-state index contributed by atoms with van der Waals surface area (Å²) in [5.74, 6) is 0.136. The van der Waals surface area contributed by atoms with Crippen molar-refractivity contribution in [1.82, 2.24) is 20.7 Å². The lowest BCUT2D eigenvalue weighted by Crippen LogP contribution is -2.24. The molecule has 0 atom stereocenters. The van der Waals surface area contributed by atoms with Gasteiger partial charge in [0.1, 0.15) is 0 Å². The number of amides is 1. The number of hydrogen-bond acceptors (Lipinski definition) is 3. The number of benzene rings is 2. The van der Waals surface area contributed by atoms with Gasteiger partial charge >= 0.3 is 0 Å². The van der Waals surface area contributed by atoms with Gasteiger partial charge in [-0.3, -0.25) is 9.89 Å². The van der Waals surface area contributed by atoms with Gasteiger partial charge in [-0.15, -0.1) is 0 Å². The molecule has 0 saturated heterocycles. The van der Waals surface area contributed by atoms with Crippen molar-refractivity contribution in [2.24, 2.45) is 0 Å². The Morgan fingerprint density at radius 1 is 1.22 bits per heavy atom. The van der Waals surface area contributed by atoms with Crippen LogP contribution in [0.3, 0.4) is 0 Å². The number of para-hydroxylation sites is 1. The molecule has 0 spiro atoms. The average molecular weight is 381 g/mol. The van der Waals surface area contributed by atoms with Gasteiger partial charge in [0.05, 0.1) is 22.0 Å². The molecule has 0 aliphatic rings. The number of carbonyl (C=O) groups is 1. The van der Waals surface area contributed by atoms with Crippen LogP contribution < -0.4 is 10.3 Å². The van der Waals surface area contributed by atoms with Crippen molar-refractivity contribution in [3.05, 3.63) is 59.2 Å². The monoisotopic (exact) mass is 380 g/mol. The number of carbonyl (C=O) groups excluding carboxylic acids is 1. The first kappa shape index (κ1) is 17.2. The molecule has 3 N–H and O–H groups in total. The smallest absolute Gasteiger partial charge is 0.249 e. The number of halogens is 1. The summed E-state index contributed by atoms with van der Waals surface area (Å²) in [6, 6.07) is 13.5. The Labute approximate surface area is 160 Å². The van der Waals surface area contributed by atoms with Gasteiger partial charge in [0.15, 0.2) is 5.75 Å². The van der Waals surface area contributed by atoms with Crippen molar-refractivity contribution >= 4 is 28.4 Å². The fraction of sp³-hybridized carbons (Fsp3) is 0.100. The Morgan fingerprint density at radius 3 is 2.85 bits per heavy atom. The lowest BCUT2D eigenvalue weighted by Gasteiger charge is -2.12. The van der Waals surface area contributed by atoms with Crippen molar-refractivity contribution in [2.75, 3.05) is 0 Å². The van der Waals surface area contributed by atoms with E-state index in [4.69, 9.17) is 16.4 Å². The van der Waals surface area contributed by atoms with Gasteiger partial charge < -0.3 is 9.82 Å². The number of aromatic nitrogens is 3. The molecule has 0 saturated carbocycles. The fourth-order valence-electron chi connectivity index (χ4n) is 3.00. The average Bonchev–Trinajstić information content (AvgIpc) is 3.29. The molecule has 0 aliphatic heterocycles. The molecule has 6 nitrogen and oxygen atoms in total. The van der Waals surface area contributed by atoms with E-state index in [0.717, 1.165) is 27.7 Å². The van der Waals surface area contributed by atoms with Crippen LogP contribution in [0.2, 0.25) is 5.02 Å². The Morgan fingerprint density at radius 2 is 2.04 bits per heavy atom. The lowest BCUT2D eigenvalue weighted by atomic mass is 10.1. The normalized spacial score (nSPS) is 10.9. The predicted molar refractivity (Wildman–Crippen MR) is 106 cm³/mol. The second kappa shape index (κ2) is 6.81. The predicted octanol–water partition coefficient (Wildman–Crippen LogP) is 4.62. The summed E-state index contributed by atoms with van der Waals surface area (Å²) in [4.78, 5) is 19.9. The van der Waals surface area contributed by atoms with E-state index in [9.17, 15) is 4.79 Å². The Bertz CT molecular complexity index is 1150. The highest BCUT2D eigenvalue weighted by Gasteiger charge is 2.18. The number of hydroxylamine groups is 1. The van der Waals surface area contributed by atoms with Crippen LogP contribution in [0.25, 0.3) is 33.4 Å². The minimum Gasteiger partial charge on any atom is -0.379 e. The van der Waals surface area contributed by atoms with Crippen LogP contribution in [0.5, 0.6) is 5.75 Å². The minimum atomic E-state index is -0.304. The Hall–Kier alpha value is -3.25. The molecule has 2 heterocycles. The molecule has 7 heteroatoms. The van der Waals surface area contributed by atoms with Crippen LogP contribution in [-0.2, 0) is 4.79 Å². The molecule has 0 fully saturated rings. The van der Waals surface area contributed by atoms with Gasteiger partial charge in [-0.05, 0) is 30.7 Å². The first-order valence-electron chi connectivity index (χ1n) is 8.39. The molecule has 4 rings (SSSR count). The molecule has 0 bridgehead atoms. The van der Waals surface area contributed by atoms with Crippen molar-refractivity contribution in [1.29, 1.82) is 0 Å². The van der Waals surface area contributed by atoms with E-state index in [2.05, 4.69) is 20.7 Å². The number of rotatable bonds is 4. The molecule has 2 aromatic carbocycles. The summed E-state index contributed by atoms with van der Waals surface area (Å²) in [7, 11) is 0. The quantitative estimate of drug-likeness (QED) is 0.452. The molecule has 27 heavy (non-hydrogen) atoms. The first-order valence-corrected chi connectivity index (χ1v) is 8.77. The van der Waals surface area contributed by atoms with Gasteiger partial charge in [-0.2, -0.15) is 10.6 Å². The lowest BCUT2D eigenvalue weighted by molar-refractivity contribution is -0.125. The van der Waals surface area contributed by atoms with Gasteiger partial charge in [-0.1, -0.05) is 35.9 Å². The summed E-state index contributed by atoms with van der Waals surface area (Å²) >= 11 is 6.53. The number of hydrogen-bond donors (Lipinski definition) is 3. The van der Waals surface area contributed by atoms with Crippen LogP contribution in [0, 0.1) is 6.92 Å². The van der Waals surface area contributed by atoms with E-state index in [1.54, 1.807) is 6.07 Å². The first-order chi connectivity index (χ1) is 13.0. The van der Waals surface area contributed by atoms with E-state index in [1.807, 2.05) is 49.5 Å². The SMILES string of the molecule is CC(=O)NOc1ccc(C)c(Cl)c1-c1cc(-c2c[nH]c3ccccc23)n[nH]1. The fourth-order valence-corrected chi connectivity index (χ4v) is 3.25. The molecule has 0 radical (unpaired) electrons. The topological polar surface area (TPSA) is 82.8 Å². The second-order valence-corrected chi connectivity index (χ2v) is 6.62. The Balaban J connectivity index is 1.79. The summed E-state index contributed by atoms with van der Waals surface area (Å²) in [6.45, 7) is 3.28. The van der Waals surface area contributed by atoms with Crippen LogP contribution >= 0.6 is 11.6 Å². The maximum absolute atomic E-state index is 11.2. The number of nitrogens with one attached hydrogen (secondary N) is 3. The molecule has 0 unspecified atom stereocenters. The zero-order chi connectivity index (χ0) is 19.0. The molecule has 136 valence electrons. The summed E-state index contributed by atoms with van der Waals surface area (Å²) in [5.41, 5.74) is 7.39. The van der Waals surface area contributed by atoms with Crippen molar-refractivity contribution in [3.8, 4) is 28.3 Å². The summed E-state index contributed by atoms with van der Waals surface area (Å²) < 4.78 is 0. The molecule has 1 amide bonds. The molecule has 4 aromatic rings. The van der Waals surface area contributed by atoms with Crippen LogP contribution in [0.1, 0.15) is 12.5 Å². The number of aryl methyl sites for hydroxylation is 1. The van der Waals surface area contributed by atoms with Crippen molar-refractivity contribution < 1.29 is 9.63 Å². The van der Waals surface area contributed by atoms with E-state index in [1.165, 1.54) is 6.92 Å². The maximum Gasteiger partial charge on any atom is 0.249 e. The van der Waals surface area contributed by atoms with Crippen LogP contribution in [0.15, 0.2) is 48.7 Å². The van der Waals surface area contributed by atoms with E-state index in [0.29, 0.717) is 22.0 Å². The zero-order valence-corrected chi connectivity index (χ0v) is 15.5. The third-order valence-electron chi connectivity index (χ3n) is 4.31. The standard InChI is InChI=1S/C20H17ClN4O2/c1-11-7-8-18(27-25-12(2)26)19(20(11)21)17-9-16(23-24-17)14-10-22-15-6-4-3-5-13(14)15/h3-10,22H,1-2H3,(H,23,24)(H,25,26). The maximum atomic E-state index is 11.2. The third-order valence-corrected chi connectivity index (χ3v) is 4.80. The zero-order valence-electron chi connectivity index (χ0n) is 14.8. The van der Waals surface area contributed by atoms with Crippen LogP contribution in [-0.4, -0.2) is 21.1 Å². The van der Waals surface area contributed by atoms with Gasteiger partial charge in [0, 0.05) is 29.6 Å². The van der Waals surface area contributed by atoms with E-state index >= 15 is 0 Å². The van der Waals surface area contributed by atoms with E-state index in [-0.39, 0.29) is 5.91 Å². The highest BCUT2D eigenvalue weighted by Crippen LogP contribution is 2.39. The van der Waals surface area contributed by atoms with Gasteiger partial charge in [-0.25, -0.2) is 0 Å². The van der Waals surface area contributed by atoms with Gasteiger partial charge in [0.2, 0.25) is 5.91 Å². The van der Waals surface area contributed by atoms with Crippen molar-refractivity contribution in [3.63, 3.8) is 0 Å². The molecular weight excluding hydrogens is 364 g/mol. The molecular formula is C20H17ClN4O2. The van der Waals surface area contributed by atoms with Crippen molar-refractivity contribution in [2.45, 2.75) is 13.8 Å².